The van der Waals surface area contributed by atoms with Crippen LogP contribution in [0.4, 0.5) is 0 Å². The summed E-state index contributed by atoms with van der Waals surface area (Å²) in [4.78, 5) is 4.24. The molecule has 1 aromatic carbocycles. The highest BCUT2D eigenvalue weighted by Gasteiger charge is 2.16. The summed E-state index contributed by atoms with van der Waals surface area (Å²) < 4.78 is 5.43. The number of rotatable bonds is 3. The maximum atomic E-state index is 5.43. The van der Waals surface area contributed by atoms with E-state index in [4.69, 9.17) is 4.42 Å². The van der Waals surface area contributed by atoms with Gasteiger partial charge in [-0.3, -0.25) is 4.98 Å². The van der Waals surface area contributed by atoms with E-state index in [1.165, 1.54) is 16.3 Å². The van der Waals surface area contributed by atoms with Gasteiger partial charge in [0.05, 0.1) is 12.3 Å². The Morgan fingerprint density at radius 3 is 2.89 bits per heavy atom. The topological polar surface area (TPSA) is 38.1 Å². The Morgan fingerprint density at radius 1 is 1.26 bits per heavy atom. The predicted molar refractivity (Wildman–Crippen MR) is 76.1 cm³/mol. The van der Waals surface area contributed by atoms with Crippen LogP contribution in [0.5, 0.6) is 0 Å². The highest BCUT2D eigenvalue weighted by atomic mass is 16.3. The summed E-state index contributed by atoms with van der Waals surface area (Å²) >= 11 is 0. The molecule has 1 N–H and O–H groups in total. The van der Waals surface area contributed by atoms with E-state index in [0.29, 0.717) is 0 Å². The van der Waals surface area contributed by atoms with Crippen LogP contribution in [-0.4, -0.2) is 12.0 Å². The van der Waals surface area contributed by atoms with Gasteiger partial charge in [0, 0.05) is 23.3 Å². The van der Waals surface area contributed by atoms with Gasteiger partial charge in [-0.1, -0.05) is 18.2 Å². The molecule has 1 atom stereocenters. The number of aromatic nitrogens is 1. The number of aryl methyl sites for hydroxylation is 1. The van der Waals surface area contributed by atoms with Crippen LogP contribution in [0, 0.1) is 6.92 Å². The van der Waals surface area contributed by atoms with Gasteiger partial charge in [-0.05, 0) is 37.1 Å². The number of hydrogen-bond donors (Lipinski definition) is 1. The molecule has 0 bridgehead atoms. The Morgan fingerprint density at radius 2 is 2.16 bits per heavy atom. The second-order valence-corrected chi connectivity index (χ2v) is 4.66. The second-order valence-electron chi connectivity index (χ2n) is 4.66. The van der Waals surface area contributed by atoms with E-state index in [1.54, 1.807) is 0 Å². The lowest BCUT2D eigenvalue weighted by Gasteiger charge is -2.17. The number of benzene rings is 1. The summed E-state index contributed by atoms with van der Waals surface area (Å²) in [6.07, 6.45) is 5.55. The van der Waals surface area contributed by atoms with Gasteiger partial charge in [0.2, 0.25) is 0 Å². The van der Waals surface area contributed by atoms with E-state index in [-0.39, 0.29) is 6.04 Å². The minimum Gasteiger partial charge on any atom is -0.469 e. The average molecular weight is 252 g/mol. The van der Waals surface area contributed by atoms with Crippen LogP contribution >= 0.6 is 0 Å². The Balaban J connectivity index is 2.16. The number of furan rings is 1. The molecule has 2 aromatic heterocycles. The van der Waals surface area contributed by atoms with Crippen LogP contribution in [-0.2, 0) is 0 Å². The van der Waals surface area contributed by atoms with E-state index >= 15 is 0 Å². The predicted octanol–water partition coefficient (Wildman–Crippen LogP) is 3.45. The minimum absolute atomic E-state index is 0.116. The lowest BCUT2D eigenvalue weighted by Crippen LogP contribution is -2.17. The first-order chi connectivity index (χ1) is 9.29. The van der Waals surface area contributed by atoms with Crippen LogP contribution in [0.2, 0.25) is 0 Å². The van der Waals surface area contributed by atoms with Crippen LogP contribution in [0.15, 0.2) is 53.4 Å². The van der Waals surface area contributed by atoms with E-state index in [2.05, 4.69) is 34.6 Å². The Hall–Kier alpha value is -2.13. The fraction of sp³-hybridized carbons (Fsp3) is 0.188. The van der Waals surface area contributed by atoms with E-state index in [0.717, 1.165) is 11.3 Å². The molecule has 0 aliphatic heterocycles. The molecule has 0 saturated carbocycles. The van der Waals surface area contributed by atoms with Gasteiger partial charge in [-0.25, -0.2) is 0 Å². The molecule has 3 aromatic rings. The fourth-order valence-corrected chi connectivity index (χ4v) is 2.51. The zero-order valence-corrected chi connectivity index (χ0v) is 11.1. The smallest absolute Gasteiger partial charge is 0.101 e. The Bertz CT molecular complexity index is 697. The summed E-state index contributed by atoms with van der Waals surface area (Å²) in [5.41, 5.74) is 2.35. The zero-order chi connectivity index (χ0) is 13.2. The summed E-state index contributed by atoms with van der Waals surface area (Å²) in [5, 5.41) is 5.72. The molecule has 19 heavy (non-hydrogen) atoms. The van der Waals surface area contributed by atoms with Crippen molar-refractivity contribution in [1.29, 1.82) is 0 Å². The monoisotopic (exact) mass is 252 g/mol. The third kappa shape index (κ3) is 2.13. The second kappa shape index (κ2) is 4.86. The standard InChI is InChI=1S/C16H16N2O/c1-11-8-13(10-19-11)16(17-2)14-5-3-4-12-6-7-18-9-15(12)14/h3-10,16-17H,1-2H3. The molecule has 0 aliphatic carbocycles. The minimum atomic E-state index is 0.116. The number of fused-ring (bicyclic) bond motifs is 1. The van der Waals surface area contributed by atoms with Crippen molar-refractivity contribution in [3.63, 3.8) is 0 Å². The molecular formula is C16H16N2O. The Kier molecular flexibility index (Phi) is 3.05. The molecule has 96 valence electrons. The van der Waals surface area contributed by atoms with Crippen LogP contribution in [0.3, 0.4) is 0 Å². The number of nitrogens with one attached hydrogen (secondary N) is 1. The maximum absolute atomic E-state index is 5.43. The van der Waals surface area contributed by atoms with Crippen molar-refractivity contribution in [2.45, 2.75) is 13.0 Å². The zero-order valence-electron chi connectivity index (χ0n) is 11.1. The third-order valence-corrected chi connectivity index (χ3v) is 3.40. The highest BCUT2D eigenvalue weighted by molar-refractivity contribution is 5.85. The van der Waals surface area contributed by atoms with Crippen molar-refractivity contribution >= 4 is 10.8 Å². The molecule has 0 aliphatic rings. The number of nitrogens with zero attached hydrogens (tertiary/aromatic N) is 1. The molecule has 0 amide bonds. The Labute approximate surface area is 112 Å². The van der Waals surface area contributed by atoms with E-state index < -0.39 is 0 Å². The number of pyridine rings is 1. The SMILES string of the molecule is CNC(c1coc(C)c1)c1cccc2ccncc12. The van der Waals surface area contributed by atoms with Crippen molar-refractivity contribution in [2.75, 3.05) is 7.05 Å². The van der Waals surface area contributed by atoms with E-state index in [9.17, 15) is 0 Å². The van der Waals surface area contributed by atoms with Gasteiger partial charge >= 0.3 is 0 Å². The van der Waals surface area contributed by atoms with Crippen LogP contribution in [0.25, 0.3) is 10.8 Å². The van der Waals surface area contributed by atoms with Crippen LogP contribution in [0.1, 0.15) is 22.9 Å². The normalized spacial score (nSPS) is 12.7. The molecule has 0 fully saturated rings. The molecular weight excluding hydrogens is 236 g/mol. The molecule has 0 spiro atoms. The first kappa shape index (κ1) is 11.9. The lowest BCUT2D eigenvalue weighted by molar-refractivity contribution is 0.528. The lowest BCUT2D eigenvalue weighted by atomic mass is 9.96. The summed E-state index contributed by atoms with van der Waals surface area (Å²) in [6, 6.07) is 10.5. The first-order valence-electron chi connectivity index (χ1n) is 6.34. The summed E-state index contributed by atoms with van der Waals surface area (Å²) in [7, 11) is 1.96. The summed E-state index contributed by atoms with van der Waals surface area (Å²) in [6.45, 7) is 1.96. The summed E-state index contributed by atoms with van der Waals surface area (Å²) in [5.74, 6) is 0.925. The molecule has 0 radical (unpaired) electrons. The average Bonchev–Trinajstić information content (AvgIpc) is 2.86. The van der Waals surface area contributed by atoms with Crippen molar-refractivity contribution in [3.05, 3.63) is 65.9 Å². The van der Waals surface area contributed by atoms with Crippen molar-refractivity contribution < 1.29 is 4.42 Å². The van der Waals surface area contributed by atoms with Crippen molar-refractivity contribution in [1.82, 2.24) is 10.3 Å². The van der Waals surface area contributed by atoms with Gasteiger partial charge in [0.1, 0.15) is 5.76 Å². The number of hydrogen-bond acceptors (Lipinski definition) is 3. The molecule has 2 heterocycles. The van der Waals surface area contributed by atoms with E-state index in [1.807, 2.05) is 38.7 Å². The molecule has 3 nitrogen and oxygen atoms in total. The largest absolute Gasteiger partial charge is 0.469 e. The molecule has 1 unspecified atom stereocenters. The van der Waals surface area contributed by atoms with Crippen molar-refractivity contribution in [3.8, 4) is 0 Å². The van der Waals surface area contributed by atoms with Gasteiger partial charge in [0.15, 0.2) is 0 Å². The highest BCUT2D eigenvalue weighted by Crippen LogP contribution is 2.29. The first-order valence-corrected chi connectivity index (χ1v) is 6.34. The van der Waals surface area contributed by atoms with Gasteiger partial charge in [-0.2, -0.15) is 0 Å². The molecule has 3 rings (SSSR count). The van der Waals surface area contributed by atoms with Crippen molar-refractivity contribution in [2.24, 2.45) is 0 Å². The van der Waals surface area contributed by atoms with Crippen LogP contribution < -0.4 is 5.32 Å². The maximum Gasteiger partial charge on any atom is 0.101 e. The molecule has 3 heteroatoms. The quantitative estimate of drug-likeness (QED) is 0.776. The van der Waals surface area contributed by atoms with Gasteiger partial charge in [-0.15, -0.1) is 0 Å². The third-order valence-electron chi connectivity index (χ3n) is 3.40. The fourth-order valence-electron chi connectivity index (χ4n) is 2.51. The molecule has 0 saturated heterocycles. The van der Waals surface area contributed by atoms with Gasteiger partial charge < -0.3 is 9.73 Å². The van der Waals surface area contributed by atoms with Gasteiger partial charge in [0.25, 0.3) is 0 Å².